The van der Waals surface area contributed by atoms with Crippen LogP contribution in [0.4, 0.5) is 39.5 Å². The lowest BCUT2D eigenvalue weighted by atomic mass is 10.0. The lowest BCUT2D eigenvalue weighted by Gasteiger charge is -2.18. The van der Waals surface area contributed by atoms with Gasteiger partial charge < -0.3 is 0 Å². The second-order valence-electron chi connectivity index (χ2n) is 5.95. The summed E-state index contributed by atoms with van der Waals surface area (Å²) in [6, 6.07) is 0. The van der Waals surface area contributed by atoms with Crippen LogP contribution in [-0.4, -0.2) is 22.5 Å². The second-order valence-corrected chi connectivity index (χ2v) is 7.71. The molecule has 0 bridgehead atoms. The summed E-state index contributed by atoms with van der Waals surface area (Å²) in [6.07, 6.45) is -12.5. The molecule has 0 amide bonds. The Morgan fingerprint density at radius 1 is 0.741 bits per heavy atom. The molecule has 0 heterocycles. The van der Waals surface area contributed by atoms with Gasteiger partial charge in [-0.2, -0.15) is 39.5 Å². The molecule has 10 heteroatoms. The molecule has 164 valence electrons. The molecule has 0 aliphatic heterocycles. The van der Waals surface area contributed by atoms with Crippen molar-refractivity contribution < 1.29 is 39.5 Å². The predicted molar refractivity (Wildman–Crippen MR) is 97.0 cm³/mol. The van der Waals surface area contributed by atoms with Crippen molar-refractivity contribution in [3.05, 3.63) is 11.1 Å². The van der Waals surface area contributed by atoms with E-state index in [0.717, 1.165) is 19.8 Å². The molecule has 0 saturated carbocycles. The van der Waals surface area contributed by atoms with Crippen LogP contribution in [0.15, 0.2) is 11.1 Å². The molecule has 0 saturated heterocycles. The van der Waals surface area contributed by atoms with Gasteiger partial charge in [-0.1, -0.05) is 56.2 Å². The van der Waals surface area contributed by atoms with Crippen molar-refractivity contribution in [3.8, 4) is 0 Å². The standard InChI is InChI=1S/C9H12F6.C8H14F3I/c1-3-5-7(9(13,14)15)6(4-2)8(10,11)12;1-2-4-7(12)5-3-6-8(9,10)11/h3-5H2,1-2H3;7H,2-6H2,1H3. The third kappa shape index (κ3) is 15.4. The van der Waals surface area contributed by atoms with Crippen molar-refractivity contribution in [1.29, 1.82) is 0 Å². The highest BCUT2D eigenvalue weighted by Crippen LogP contribution is 2.39. The molecule has 0 aliphatic rings. The quantitative estimate of drug-likeness (QED) is 0.128. The molecule has 0 fully saturated rings. The SMILES string of the molecule is CCCC(=C(CC)C(F)(F)F)C(F)(F)F.CCCC(I)CCCC(F)(F)F. The van der Waals surface area contributed by atoms with Gasteiger partial charge in [-0.25, -0.2) is 0 Å². The van der Waals surface area contributed by atoms with E-state index < -0.39 is 48.9 Å². The first-order valence-corrected chi connectivity index (χ1v) is 9.91. The van der Waals surface area contributed by atoms with Crippen LogP contribution in [-0.2, 0) is 0 Å². The summed E-state index contributed by atoms with van der Waals surface area (Å²) in [5.74, 6) is 0. The fraction of sp³-hybridized carbons (Fsp3) is 0.882. The molecule has 0 N–H and O–H groups in total. The minimum absolute atomic E-state index is 0.0361. The Labute approximate surface area is 168 Å². The van der Waals surface area contributed by atoms with E-state index in [2.05, 4.69) is 29.5 Å². The lowest BCUT2D eigenvalue weighted by molar-refractivity contribution is -0.135. The normalized spacial score (nSPS) is 15.0. The Morgan fingerprint density at radius 2 is 1.22 bits per heavy atom. The number of hydrogen-bond donors (Lipinski definition) is 0. The molecular formula is C17H26F9I. The average molecular weight is 528 g/mol. The monoisotopic (exact) mass is 528 g/mol. The molecule has 0 aromatic heterocycles. The zero-order valence-electron chi connectivity index (χ0n) is 15.5. The van der Waals surface area contributed by atoms with E-state index in [-0.39, 0.29) is 12.8 Å². The summed E-state index contributed by atoms with van der Waals surface area (Å²) in [5.41, 5.74) is -2.91. The van der Waals surface area contributed by atoms with Crippen LogP contribution >= 0.6 is 22.6 Å². The van der Waals surface area contributed by atoms with E-state index >= 15 is 0 Å². The summed E-state index contributed by atoms with van der Waals surface area (Å²) >= 11 is 2.23. The average Bonchev–Trinajstić information content (AvgIpc) is 2.44. The van der Waals surface area contributed by atoms with Crippen LogP contribution in [0.3, 0.4) is 0 Å². The largest absolute Gasteiger partial charge is 0.412 e. The van der Waals surface area contributed by atoms with E-state index in [1.807, 2.05) is 0 Å². The first-order chi connectivity index (χ1) is 12.1. The first-order valence-electron chi connectivity index (χ1n) is 8.67. The van der Waals surface area contributed by atoms with Gasteiger partial charge in [0, 0.05) is 21.5 Å². The summed E-state index contributed by atoms with van der Waals surface area (Å²) in [6.45, 7) is 4.54. The summed E-state index contributed by atoms with van der Waals surface area (Å²) in [4.78, 5) is 0. The predicted octanol–water partition coefficient (Wildman–Crippen LogP) is 8.94. The molecule has 0 rings (SSSR count). The zero-order valence-corrected chi connectivity index (χ0v) is 17.7. The van der Waals surface area contributed by atoms with Crippen molar-refractivity contribution in [2.45, 2.75) is 94.6 Å². The Hall–Kier alpha value is -0.160. The molecule has 0 aromatic carbocycles. The maximum Gasteiger partial charge on any atom is 0.412 e. The van der Waals surface area contributed by atoms with Gasteiger partial charge in [0.1, 0.15) is 0 Å². The van der Waals surface area contributed by atoms with Gasteiger partial charge in [0.25, 0.3) is 0 Å². The van der Waals surface area contributed by atoms with Crippen LogP contribution in [0.2, 0.25) is 0 Å². The third-order valence-corrected chi connectivity index (χ3v) is 4.73. The van der Waals surface area contributed by atoms with Crippen molar-refractivity contribution in [2.24, 2.45) is 0 Å². The lowest BCUT2D eigenvalue weighted by Crippen LogP contribution is -2.22. The van der Waals surface area contributed by atoms with E-state index in [1.54, 1.807) is 0 Å². The Bertz CT molecular complexity index is 420. The molecule has 0 nitrogen and oxygen atoms in total. The number of hydrogen-bond acceptors (Lipinski definition) is 0. The van der Waals surface area contributed by atoms with Gasteiger partial charge in [-0.3, -0.25) is 0 Å². The van der Waals surface area contributed by atoms with Crippen molar-refractivity contribution in [1.82, 2.24) is 0 Å². The smallest absolute Gasteiger partial charge is 0.171 e. The number of halogens is 10. The summed E-state index contributed by atoms with van der Waals surface area (Å²) in [7, 11) is 0. The molecule has 0 aliphatic carbocycles. The fourth-order valence-corrected chi connectivity index (χ4v) is 3.34. The number of rotatable bonds is 8. The van der Waals surface area contributed by atoms with Gasteiger partial charge in [0.05, 0.1) is 0 Å². The molecular weight excluding hydrogens is 502 g/mol. The maximum absolute atomic E-state index is 12.3. The van der Waals surface area contributed by atoms with Crippen molar-refractivity contribution in [3.63, 3.8) is 0 Å². The Morgan fingerprint density at radius 3 is 1.52 bits per heavy atom. The Kier molecular flexibility index (Phi) is 14.1. The van der Waals surface area contributed by atoms with Gasteiger partial charge in [-0.05, 0) is 32.1 Å². The molecule has 0 radical (unpaired) electrons. The van der Waals surface area contributed by atoms with Crippen LogP contribution < -0.4 is 0 Å². The highest BCUT2D eigenvalue weighted by Gasteiger charge is 2.43. The van der Waals surface area contributed by atoms with E-state index in [9.17, 15) is 39.5 Å². The zero-order chi connectivity index (χ0) is 21.9. The van der Waals surface area contributed by atoms with Crippen LogP contribution in [0, 0.1) is 0 Å². The van der Waals surface area contributed by atoms with Crippen LogP contribution in [0.1, 0.15) is 72.1 Å². The fourth-order valence-electron chi connectivity index (χ4n) is 2.28. The van der Waals surface area contributed by atoms with Crippen LogP contribution in [0.5, 0.6) is 0 Å². The van der Waals surface area contributed by atoms with Gasteiger partial charge in [0.2, 0.25) is 0 Å². The highest BCUT2D eigenvalue weighted by molar-refractivity contribution is 14.1. The molecule has 1 unspecified atom stereocenters. The molecule has 27 heavy (non-hydrogen) atoms. The van der Waals surface area contributed by atoms with Crippen molar-refractivity contribution >= 4 is 22.6 Å². The second kappa shape index (κ2) is 13.1. The molecule has 0 aromatic rings. The topological polar surface area (TPSA) is 0 Å². The van der Waals surface area contributed by atoms with E-state index in [0.29, 0.717) is 10.3 Å². The minimum atomic E-state index is -4.89. The summed E-state index contributed by atoms with van der Waals surface area (Å²) in [5, 5.41) is 0. The molecule has 1 atom stereocenters. The van der Waals surface area contributed by atoms with E-state index in [1.165, 1.54) is 6.92 Å². The first kappa shape index (κ1) is 29.0. The number of alkyl halides is 10. The molecule has 0 spiro atoms. The van der Waals surface area contributed by atoms with Gasteiger partial charge in [0.15, 0.2) is 0 Å². The van der Waals surface area contributed by atoms with Gasteiger partial charge in [-0.15, -0.1) is 0 Å². The van der Waals surface area contributed by atoms with Crippen molar-refractivity contribution in [2.75, 3.05) is 0 Å². The van der Waals surface area contributed by atoms with Gasteiger partial charge >= 0.3 is 18.5 Å². The summed E-state index contributed by atoms with van der Waals surface area (Å²) < 4.78 is 109. The van der Waals surface area contributed by atoms with E-state index in [4.69, 9.17) is 0 Å². The van der Waals surface area contributed by atoms with Crippen LogP contribution in [0.25, 0.3) is 0 Å². The maximum atomic E-state index is 12.3. The number of allylic oxidation sites excluding steroid dienone is 2. The highest BCUT2D eigenvalue weighted by atomic mass is 127. The minimum Gasteiger partial charge on any atom is -0.171 e. The Balaban J connectivity index is 0. The third-order valence-electron chi connectivity index (χ3n) is 3.48.